The van der Waals surface area contributed by atoms with Gasteiger partial charge in [-0.1, -0.05) is 13.8 Å². The van der Waals surface area contributed by atoms with Crippen LogP contribution in [-0.2, 0) is 4.74 Å². The Labute approximate surface area is 71.5 Å². The van der Waals surface area contributed by atoms with Crippen molar-refractivity contribution in [2.45, 2.75) is 25.9 Å². The van der Waals surface area contributed by atoms with E-state index in [0.29, 0.717) is 12.4 Å². The lowest BCUT2D eigenvalue weighted by molar-refractivity contribution is 0.0469. The Balaban J connectivity index is 2.45. The van der Waals surface area contributed by atoms with Gasteiger partial charge in [0, 0.05) is 6.61 Å². The molecule has 0 bridgehead atoms. The predicted molar refractivity (Wildman–Crippen MR) is 43.1 cm³/mol. The van der Waals surface area contributed by atoms with Crippen molar-refractivity contribution in [2.75, 3.05) is 6.61 Å². The zero-order valence-electron chi connectivity index (χ0n) is 7.16. The largest absolute Gasteiger partial charge is 0.370 e. The van der Waals surface area contributed by atoms with E-state index in [9.17, 15) is 0 Å². The summed E-state index contributed by atoms with van der Waals surface area (Å²) in [6.45, 7) is 6.35. The van der Waals surface area contributed by atoms with E-state index >= 15 is 0 Å². The monoisotopic (exact) mass is 169 g/mol. The molecular weight excluding hydrogens is 156 g/mol. The van der Waals surface area contributed by atoms with Crippen LogP contribution in [0.25, 0.3) is 0 Å². The fourth-order valence-corrected chi connectivity index (χ4v) is 0.919. The van der Waals surface area contributed by atoms with Crippen LogP contribution >= 0.6 is 0 Å². The molecule has 0 saturated heterocycles. The Bertz CT molecular complexity index is 199. The minimum atomic E-state index is -0.0262. The van der Waals surface area contributed by atoms with Gasteiger partial charge in [-0.3, -0.25) is 0 Å². The first-order chi connectivity index (χ1) is 5.88. The van der Waals surface area contributed by atoms with E-state index in [-0.39, 0.29) is 6.10 Å². The topological polar surface area (TPSA) is 63.7 Å². The molecule has 1 aromatic heterocycles. The first-order valence-electron chi connectivity index (χ1n) is 4.03. The molecule has 1 unspecified atom stereocenters. The Hall–Kier alpha value is -0.970. The number of nitrogens with zero attached hydrogens (tertiary/aromatic N) is 3. The molecule has 1 atom stereocenters. The van der Waals surface area contributed by atoms with Gasteiger partial charge in [0.05, 0.1) is 0 Å². The minimum absolute atomic E-state index is 0.0262. The van der Waals surface area contributed by atoms with Crippen molar-refractivity contribution in [1.29, 1.82) is 0 Å². The third-order valence-corrected chi connectivity index (χ3v) is 1.50. The van der Waals surface area contributed by atoms with Crippen molar-refractivity contribution in [3.63, 3.8) is 0 Å². The molecule has 0 amide bonds. The summed E-state index contributed by atoms with van der Waals surface area (Å²) < 4.78 is 5.45. The summed E-state index contributed by atoms with van der Waals surface area (Å²) in [4.78, 5) is 0. The maximum atomic E-state index is 5.45. The molecular formula is C7H13N4O. The highest BCUT2D eigenvalue weighted by molar-refractivity contribution is 4.83. The summed E-state index contributed by atoms with van der Waals surface area (Å²) in [5, 5.41) is 13.4. The summed E-state index contributed by atoms with van der Waals surface area (Å²) >= 11 is 0. The Kier molecular flexibility index (Phi) is 3.66. The number of tetrazole rings is 1. The number of nitrogens with one attached hydrogen (secondary N) is 1. The lowest BCUT2D eigenvalue weighted by Gasteiger charge is -2.10. The summed E-state index contributed by atoms with van der Waals surface area (Å²) in [5.41, 5.74) is 0. The number of aromatic amines is 1. The molecule has 0 aliphatic heterocycles. The zero-order valence-corrected chi connectivity index (χ0v) is 7.16. The Morgan fingerprint density at radius 3 is 3.00 bits per heavy atom. The van der Waals surface area contributed by atoms with E-state index in [1.807, 2.05) is 6.92 Å². The molecule has 12 heavy (non-hydrogen) atoms. The fraction of sp³-hybridized carbons (Fsp3) is 0.714. The van der Waals surface area contributed by atoms with Gasteiger partial charge in [-0.25, -0.2) is 5.10 Å². The first-order valence-corrected chi connectivity index (χ1v) is 4.03. The second-order valence-electron chi connectivity index (χ2n) is 2.41. The second-order valence-corrected chi connectivity index (χ2v) is 2.41. The van der Waals surface area contributed by atoms with E-state index in [2.05, 4.69) is 27.5 Å². The van der Waals surface area contributed by atoms with E-state index in [4.69, 9.17) is 4.74 Å². The molecule has 0 aliphatic rings. The molecule has 5 nitrogen and oxygen atoms in total. The molecule has 0 fully saturated rings. The van der Waals surface area contributed by atoms with E-state index < -0.39 is 0 Å². The molecule has 67 valence electrons. The molecule has 0 aliphatic carbocycles. The number of rotatable bonds is 5. The Morgan fingerprint density at radius 1 is 1.67 bits per heavy atom. The van der Waals surface area contributed by atoms with Gasteiger partial charge in [0.1, 0.15) is 6.10 Å². The molecule has 1 aromatic rings. The smallest absolute Gasteiger partial charge is 0.177 e. The van der Waals surface area contributed by atoms with Crippen molar-refractivity contribution < 1.29 is 4.74 Å². The molecule has 0 aromatic carbocycles. The highest BCUT2D eigenvalue weighted by Crippen LogP contribution is 2.15. The van der Waals surface area contributed by atoms with E-state index in [0.717, 1.165) is 12.8 Å². The highest BCUT2D eigenvalue weighted by atomic mass is 16.5. The molecule has 1 N–H and O–H groups in total. The molecule has 5 heteroatoms. The molecule has 0 saturated carbocycles. The quantitative estimate of drug-likeness (QED) is 0.711. The average Bonchev–Trinajstić information content (AvgIpc) is 2.59. The zero-order chi connectivity index (χ0) is 8.81. The standard InChI is InChI=1S/C7H13N4O/c1-3-5-12-6(4-2)7-8-10-11-9-7/h6H,1,3-5H2,2H3,(H,8,9,10,11). The van der Waals surface area contributed by atoms with Crippen molar-refractivity contribution in [3.05, 3.63) is 12.7 Å². The molecule has 1 heterocycles. The summed E-state index contributed by atoms with van der Waals surface area (Å²) in [6, 6.07) is 0. The van der Waals surface area contributed by atoms with Crippen molar-refractivity contribution >= 4 is 0 Å². The predicted octanol–water partition coefficient (Wildman–Crippen LogP) is 0.892. The van der Waals surface area contributed by atoms with Gasteiger partial charge in [0.2, 0.25) is 0 Å². The van der Waals surface area contributed by atoms with Crippen LogP contribution in [0, 0.1) is 6.92 Å². The van der Waals surface area contributed by atoms with Crippen LogP contribution in [0.2, 0.25) is 0 Å². The highest BCUT2D eigenvalue weighted by Gasteiger charge is 2.12. The van der Waals surface area contributed by atoms with Crippen LogP contribution in [0.4, 0.5) is 0 Å². The number of H-pyrrole nitrogens is 1. The summed E-state index contributed by atoms with van der Waals surface area (Å²) in [5.74, 6) is 0.686. The molecule has 1 radical (unpaired) electrons. The van der Waals surface area contributed by atoms with Gasteiger partial charge < -0.3 is 4.74 Å². The molecule has 1 rings (SSSR count). The third-order valence-electron chi connectivity index (χ3n) is 1.50. The number of aromatic nitrogens is 4. The normalized spacial score (nSPS) is 13.2. The third kappa shape index (κ3) is 2.27. The number of ether oxygens (including phenoxy) is 1. The molecule has 0 spiro atoms. The van der Waals surface area contributed by atoms with Crippen LogP contribution in [0.5, 0.6) is 0 Å². The Morgan fingerprint density at radius 2 is 2.50 bits per heavy atom. The lowest BCUT2D eigenvalue weighted by Crippen LogP contribution is -2.06. The van der Waals surface area contributed by atoms with Gasteiger partial charge in [0.25, 0.3) is 0 Å². The van der Waals surface area contributed by atoms with Crippen molar-refractivity contribution in [2.24, 2.45) is 0 Å². The van der Waals surface area contributed by atoms with E-state index in [1.165, 1.54) is 0 Å². The maximum absolute atomic E-state index is 5.45. The summed E-state index contributed by atoms with van der Waals surface area (Å²) in [7, 11) is 0. The fourth-order valence-electron chi connectivity index (χ4n) is 0.919. The van der Waals surface area contributed by atoms with Crippen LogP contribution in [0.1, 0.15) is 31.7 Å². The van der Waals surface area contributed by atoms with Gasteiger partial charge in [0.15, 0.2) is 5.82 Å². The lowest BCUT2D eigenvalue weighted by atomic mass is 10.2. The van der Waals surface area contributed by atoms with Crippen LogP contribution in [0.3, 0.4) is 0 Å². The average molecular weight is 169 g/mol. The van der Waals surface area contributed by atoms with Gasteiger partial charge in [-0.05, 0) is 23.3 Å². The van der Waals surface area contributed by atoms with Gasteiger partial charge in [-0.15, -0.1) is 5.10 Å². The van der Waals surface area contributed by atoms with Gasteiger partial charge >= 0.3 is 0 Å². The minimum Gasteiger partial charge on any atom is -0.370 e. The van der Waals surface area contributed by atoms with Crippen molar-refractivity contribution in [1.82, 2.24) is 20.6 Å². The maximum Gasteiger partial charge on any atom is 0.177 e. The SMILES string of the molecule is [CH2]CCOC(CC)c1nnn[nH]1. The van der Waals surface area contributed by atoms with Crippen LogP contribution < -0.4 is 0 Å². The van der Waals surface area contributed by atoms with Crippen molar-refractivity contribution in [3.8, 4) is 0 Å². The number of hydrogen-bond acceptors (Lipinski definition) is 4. The van der Waals surface area contributed by atoms with Crippen LogP contribution in [0.15, 0.2) is 0 Å². The second kappa shape index (κ2) is 4.82. The van der Waals surface area contributed by atoms with E-state index in [1.54, 1.807) is 0 Å². The first kappa shape index (κ1) is 9.12. The number of hydrogen-bond donors (Lipinski definition) is 1. The van der Waals surface area contributed by atoms with Crippen LogP contribution in [-0.4, -0.2) is 27.2 Å². The van der Waals surface area contributed by atoms with Gasteiger partial charge in [-0.2, -0.15) is 0 Å². The summed E-state index contributed by atoms with van der Waals surface area (Å²) in [6.07, 6.45) is 1.59.